The first-order valence-electron chi connectivity index (χ1n) is 8.22. The van der Waals surface area contributed by atoms with Gasteiger partial charge in [0.2, 0.25) is 0 Å². The molecule has 4 N–H and O–H groups in total. The molecule has 2 rings (SSSR count). The van der Waals surface area contributed by atoms with Gasteiger partial charge >= 0.3 is 0 Å². The van der Waals surface area contributed by atoms with Crippen LogP contribution in [-0.2, 0) is 4.84 Å². The molecule has 0 aliphatic heterocycles. The number of H-pyrrole nitrogens is 1. The largest absolute Gasteiger partial charge is 0.394 e. The third-order valence-electron chi connectivity index (χ3n) is 3.18. The van der Waals surface area contributed by atoms with Gasteiger partial charge in [0.1, 0.15) is 11.6 Å². The minimum atomic E-state index is -0.637. The molecule has 2 aromatic rings. The fourth-order valence-electron chi connectivity index (χ4n) is 2.00. The maximum Gasteiger partial charge on any atom is 0.278 e. The Morgan fingerprint density at radius 2 is 1.96 bits per heavy atom. The summed E-state index contributed by atoms with van der Waals surface area (Å²) >= 11 is 0. The van der Waals surface area contributed by atoms with Crippen LogP contribution in [0, 0.1) is 12.7 Å². The number of Topliss-reactive ketones (excluding diaryl/α,β-unsaturated/α-hetero) is 1. The SMILES string of the molecule is CC.CC(=O)c1cc(C(=O)NOCCO)c(Nc2ccc(C)cc2F)[nH]1. The molecule has 26 heavy (non-hydrogen) atoms. The van der Waals surface area contributed by atoms with Gasteiger partial charge in [0.15, 0.2) is 5.78 Å². The van der Waals surface area contributed by atoms with Crippen LogP contribution >= 0.6 is 0 Å². The lowest BCUT2D eigenvalue weighted by molar-refractivity contribution is 0.0169. The zero-order valence-electron chi connectivity index (χ0n) is 15.3. The van der Waals surface area contributed by atoms with Crippen LogP contribution in [-0.4, -0.2) is 35.0 Å². The molecule has 0 unspecified atom stereocenters. The molecule has 7 nitrogen and oxygen atoms in total. The van der Waals surface area contributed by atoms with E-state index in [0.717, 1.165) is 5.56 Å². The number of carbonyl (C=O) groups excluding carboxylic acids is 2. The second-order valence-corrected chi connectivity index (χ2v) is 5.14. The van der Waals surface area contributed by atoms with Gasteiger partial charge in [-0.25, -0.2) is 9.87 Å². The Balaban J connectivity index is 0.00000163. The number of aromatic nitrogens is 1. The molecule has 0 fully saturated rings. The number of anilines is 2. The van der Waals surface area contributed by atoms with E-state index in [0.29, 0.717) is 0 Å². The predicted octanol–water partition coefficient (Wildman–Crippen LogP) is 3.09. The highest BCUT2D eigenvalue weighted by Gasteiger charge is 2.18. The van der Waals surface area contributed by atoms with Crippen molar-refractivity contribution in [1.82, 2.24) is 10.5 Å². The number of hydrogen-bond donors (Lipinski definition) is 4. The highest BCUT2D eigenvalue weighted by atomic mass is 19.1. The quantitative estimate of drug-likeness (QED) is 0.343. The van der Waals surface area contributed by atoms with Crippen molar-refractivity contribution in [3.05, 3.63) is 46.9 Å². The van der Waals surface area contributed by atoms with Gasteiger partial charge in [-0.3, -0.25) is 14.4 Å². The molecular weight excluding hydrogens is 341 g/mol. The van der Waals surface area contributed by atoms with Crippen LogP contribution in [0.3, 0.4) is 0 Å². The van der Waals surface area contributed by atoms with E-state index >= 15 is 0 Å². The number of aliphatic hydroxyl groups excluding tert-OH is 1. The third-order valence-corrected chi connectivity index (χ3v) is 3.18. The Bertz CT molecular complexity index is 759. The third kappa shape index (κ3) is 5.68. The van der Waals surface area contributed by atoms with Crippen molar-refractivity contribution in [2.75, 3.05) is 18.5 Å². The van der Waals surface area contributed by atoms with Crippen LogP contribution < -0.4 is 10.8 Å². The zero-order chi connectivity index (χ0) is 19.7. The van der Waals surface area contributed by atoms with E-state index in [-0.39, 0.29) is 41.8 Å². The number of benzene rings is 1. The number of hydroxylamine groups is 1. The van der Waals surface area contributed by atoms with Crippen LogP contribution in [0.2, 0.25) is 0 Å². The van der Waals surface area contributed by atoms with E-state index < -0.39 is 11.7 Å². The van der Waals surface area contributed by atoms with Crippen molar-refractivity contribution in [2.45, 2.75) is 27.7 Å². The molecule has 0 saturated heterocycles. The summed E-state index contributed by atoms with van der Waals surface area (Å²) in [5, 5.41) is 11.4. The Kier molecular flexibility index (Phi) is 8.47. The lowest BCUT2D eigenvalue weighted by Gasteiger charge is -2.09. The summed E-state index contributed by atoms with van der Waals surface area (Å²) in [6.45, 7) is 6.76. The molecule has 0 saturated carbocycles. The van der Waals surface area contributed by atoms with Gasteiger partial charge < -0.3 is 15.4 Å². The van der Waals surface area contributed by atoms with Crippen LogP contribution in [0.25, 0.3) is 0 Å². The van der Waals surface area contributed by atoms with Crippen molar-refractivity contribution < 1.29 is 23.9 Å². The first-order chi connectivity index (χ1) is 12.4. The zero-order valence-corrected chi connectivity index (χ0v) is 15.3. The molecule has 1 aromatic heterocycles. The number of amides is 1. The molecule has 0 aliphatic carbocycles. The van der Waals surface area contributed by atoms with Gasteiger partial charge in [-0.05, 0) is 30.7 Å². The number of ketones is 1. The van der Waals surface area contributed by atoms with Gasteiger partial charge in [0.05, 0.1) is 30.2 Å². The standard InChI is InChI=1S/C16H18FN3O4.C2H6/c1-9-3-4-13(12(17)7-9)18-15-11(8-14(19-15)10(2)22)16(23)20-24-6-5-21;1-2/h3-4,7-8,18-19,21H,5-6H2,1-2H3,(H,20,23);1-2H3. The van der Waals surface area contributed by atoms with Gasteiger partial charge in [-0.1, -0.05) is 19.9 Å². The number of aryl methyl sites for hydroxylation is 1. The van der Waals surface area contributed by atoms with E-state index in [1.54, 1.807) is 13.0 Å². The van der Waals surface area contributed by atoms with Gasteiger partial charge in [0, 0.05) is 6.92 Å². The van der Waals surface area contributed by atoms with Gasteiger partial charge in [-0.2, -0.15) is 0 Å². The maximum atomic E-state index is 14.0. The topological polar surface area (TPSA) is 103 Å². The number of aromatic amines is 1. The molecule has 0 atom stereocenters. The van der Waals surface area contributed by atoms with Crippen molar-refractivity contribution >= 4 is 23.2 Å². The van der Waals surface area contributed by atoms with Crippen LogP contribution in [0.5, 0.6) is 0 Å². The summed E-state index contributed by atoms with van der Waals surface area (Å²) in [7, 11) is 0. The smallest absolute Gasteiger partial charge is 0.278 e. The molecule has 142 valence electrons. The lowest BCUT2D eigenvalue weighted by atomic mass is 10.2. The van der Waals surface area contributed by atoms with Crippen LogP contribution in [0.15, 0.2) is 24.3 Å². The fourth-order valence-corrected chi connectivity index (χ4v) is 2.00. The van der Waals surface area contributed by atoms with Crippen LogP contribution in [0.1, 0.15) is 47.2 Å². The molecular formula is C18H24FN3O4. The van der Waals surface area contributed by atoms with E-state index in [9.17, 15) is 14.0 Å². The van der Waals surface area contributed by atoms with E-state index in [1.807, 2.05) is 13.8 Å². The minimum absolute atomic E-state index is 0.0783. The molecule has 1 heterocycles. The molecule has 1 aromatic carbocycles. The summed E-state index contributed by atoms with van der Waals surface area (Å²) in [6.07, 6.45) is 0. The van der Waals surface area contributed by atoms with E-state index in [2.05, 4.69) is 15.8 Å². The summed E-state index contributed by atoms with van der Waals surface area (Å²) < 4.78 is 14.0. The van der Waals surface area contributed by atoms with E-state index in [1.165, 1.54) is 25.1 Å². The molecule has 8 heteroatoms. The van der Waals surface area contributed by atoms with Crippen molar-refractivity contribution in [3.63, 3.8) is 0 Å². The number of halogens is 1. The first-order valence-corrected chi connectivity index (χ1v) is 8.22. The average Bonchev–Trinajstić information content (AvgIpc) is 3.04. The number of hydrogen-bond acceptors (Lipinski definition) is 5. The molecule has 0 bridgehead atoms. The Morgan fingerprint density at radius 3 is 2.54 bits per heavy atom. The monoisotopic (exact) mass is 365 g/mol. The number of aliphatic hydroxyl groups is 1. The summed E-state index contributed by atoms with van der Waals surface area (Å²) in [5.74, 6) is -1.25. The molecule has 0 spiro atoms. The molecule has 0 aliphatic rings. The van der Waals surface area contributed by atoms with Crippen LogP contribution in [0.4, 0.5) is 15.9 Å². The maximum absolute atomic E-state index is 14.0. The number of nitrogens with one attached hydrogen (secondary N) is 3. The van der Waals surface area contributed by atoms with E-state index in [4.69, 9.17) is 9.94 Å². The Morgan fingerprint density at radius 1 is 1.27 bits per heavy atom. The highest BCUT2D eigenvalue weighted by Crippen LogP contribution is 2.24. The second-order valence-electron chi connectivity index (χ2n) is 5.14. The average molecular weight is 365 g/mol. The Hall–Kier alpha value is -2.71. The summed E-state index contributed by atoms with van der Waals surface area (Å²) in [6, 6.07) is 5.93. The fraction of sp³-hybridized carbons (Fsp3) is 0.333. The number of rotatable bonds is 7. The number of carbonyl (C=O) groups is 2. The predicted molar refractivity (Wildman–Crippen MR) is 97.1 cm³/mol. The van der Waals surface area contributed by atoms with Gasteiger partial charge in [-0.15, -0.1) is 0 Å². The van der Waals surface area contributed by atoms with Crippen molar-refractivity contribution in [3.8, 4) is 0 Å². The highest BCUT2D eigenvalue weighted by molar-refractivity contribution is 6.03. The first kappa shape index (κ1) is 21.3. The second kappa shape index (κ2) is 10.3. The van der Waals surface area contributed by atoms with Crippen molar-refractivity contribution in [1.29, 1.82) is 0 Å². The molecule has 0 radical (unpaired) electrons. The van der Waals surface area contributed by atoms with Crippen molar-refractivity contribution in [2.24, 2.45) is 0 Å². The Labute approximate surface area is 151 Å². The minimum Gasteiger partial charge on any atom is -0.394 e. The lowest BCUT2D eigenvalue weighted by Crippen LogP contribution is -2.25. The normalized spacial score (nSPS) is 9.92. The summed E-state index contributed by atoms with van der Waals surface area (Å²) in [4.78, 5) is 31.2. The molecule has 1 amide bonds. The summed E-state index contributed by atoms with van der Waals surface area (Å²) in [5.41, 5.74) is 3.32. The van der Waals surface area contributed by atoms with Gasteiger partial charge in [0.25, 0.3) is 5.91 Å².